The zero-order chi connectivity index (χ0) is 6.62. The van der Waals surface area contributed by atoms with Gasteiger partial charge >= 0.3 is 6.29 Å². The van der Waals surface area contributed by atoms with E-state index in [1.807, 2.05) is 13.8 Å². The van der Waals surface area contributed by atoms with E-state index in [-0.39, 0.29) is 0 Å². The predicted octanol–water partition coefficient (Wildman–Crippen LogP) is 0.614. The first-order chi connectivity index (χ1) is 3.68. The van der Waals surface area contributed by atoms with Crippen LogP contribution in [0, 0.1) is 0 Å². The van der Waals surface area contributed by atoms with Crippen molar-refractivity contribution in [2.45, 2.75) is 32.2 Å². The molecule has 0 rings (SSSR count). The van der Waals surface area contributed by atoms with Crippen molar-refractivity contribution in [3.63, 3.8) is 0 Å². The highest BCUT2D eigenvalue weighted by Gasteiger charge is 2.34. The number of nitrogens with two attached hydrogens (primary N) is 1. The van der Waals surface area contributed by atoms with Crippen molar-refractivity contribution in [2.24, 2.45) is 5.73 Å². The Hall–Kier alpha value is -0.460. The molecule has 2 N–H and O–H groups in total. The van der Waals surface area contributed by atoms with Gasteiger partial charge in [-0.15, -0.1) is 0 Å². The second-order valence-corrected chi connectivity index (χ2v) is 1.97. The summed E-state index contributed by atoms with van der Waals surface area (Å²) < 4.78 is 0. The van der Waals surface area contributed by atoms with Crippen molar-refractivity contribution in [1.82, 2.24) is 0 Å². The maximum atomic E-state index is 10.0. The van der Waals surface area contributed by atoms with Crippen molar-refractivity contribution < 1.29 is 4.79 Å². The Bertz CT molecular complexity index is 76.6. The molecule has 0 aromatic heterocycles. The highest BCUT2D eigenvalue weighted by molar-refractivity contribution is 5.64. The molecule has 0 bridgehead atoms. The van der Waals surface area contributed by atoms with E-state index in [0.29, 0.717) is 12.8 Å². The van der Waals surface area contributed by atoms with E-state index in [2.05, 4.69) is 0 Å². The van der Waals surface area contributed by atoms with Crippen LogP contribution in [0.2, 0.25) is 0 Å². The molecular formula is C6H12NO+. The van der Waals surface area contributed by atoms with Gasteiger partial charge in [0.15, 0.2) is 0 Å². The molecule has 0 radical (unpaired) electrons. The zero-order valence-corrected chi connectivity index (χ0v) is 5.40. The molecule has 0 aromatic rings. The third kappa shape index (κ3) is 1.57. The Balaban J connectivity index is 3.76. The Morgan fingerprint density at radius 3 is 1.88 bits per heavy atom. The Labute approximate surface area is 50.1 Å². The molecule has 0 saturated carbocycles. The molecule has 0 aromatic carbocycles. The van der Waals surface area contributed by atoms with Gasteiger partial charge in [-0.1, -0.05) is 13.8 Å². The topological polar surface area (TPSA) is 43.1 Å². The van der Waals surface area contributed by atoms with Crippen molar-refractivity contribution in [3.05, 3.63) is 0 Å². The Kier molecular flexibility index (Phi) is 2.59. The molecule has 0 aliphatic carbocycles. The van der Waals surface area contributed by atoms with Crippen molar-refractivity contribution in [3.8, 4) is 0 Å². The molecule has 0 saturated heterocycles. The normalized spacial score (nSPS) is 10.9. The summed E-state index contributed by atoms with van der Waals surface area (Å²) in [6.07, 6.45) is 3.15. The van der Waals surface area contributed by atoms with E-state index < -0.39 is 5.54 Å². The quantitative estimate of drug-likeness (QED) is 0.546. The van der Waals surface area contributed by atoms with Gasteiger partial charge in [0, 0.05) is 17.6 Å². The Morgan fingerprint density at radius 1 is 1.50 bits per heavy atom. The SMILES string of the molecule is CCC(N)([C+]=O)CC. The second-order valence-electron chi connectivity index (χ2n) is 1.97. The average molecular weight is 114 g/mol. The van der Waals surface area contributed by atoms with Crippen molar-refractivity contribution >= 4 is 6.29 Å². The van der Waals surface area contributed by atoms with E-state index in [9.17, 15) is 4.79 Å². The predicted molar refractivity (Wildman–Crippen MR) is 33.2 cm³/mol. The molecule has 0 heterocycles. The van der Waals surface area contributed by atoms with Gasteiger partial charge in [0.05, 0.1) is 0 Å². The monoisotopic (exact) mass is 114 g/mol. The standard InChI is InChI=1S/C6H12NO/c1-3-6(7,4-2)5-8/h3-4,7H2,1-2H3/q+1. The van der Waals surface area contributed by atoms with Crippen molar-refractivity contribution in [2.75, 3.05) is 0 Å². The van der Waals surface area contributed by atoms with Crippen LogP contribution in [0.1, 0.15) is 26.7 Å². The van der Waals surface area contributed by atoms with Crippen LogP contribution in [0.5, 0.6) is 0 Å². The van der Waals surface area contributed by atoms with Crippen LogP contribution in [-0.2, 0) is 4.79 Å². The number of hydrogen-bond donors (Lipinski definition) is 1. The number of hydrogen-bond acceptors (Lipinski definition) is 2. The molecule has 0 unspecified atom stereocenters. The van der Waals surface area contributed by atoms with Crippen LogP contribution >= 0.6 is 0 Å². The van der Waals surface area contributed by atoms with Crippen LogP contribution in [0.25, 0.3) is 0 Å². The minimum absolute atomic E-state index is 0.674. The number of rotatable bonds is 3. The van der Waals surface area contributed by atoms with E-state index in [1.165, 1.54) is 0 Å². The maximum Gasteiger partial charge on any atom is 0.529 e. The molecule has 0 amide bonds. The van der Waals surface area contributed by atoms with Gasteiger partial charge in [-0.3, -0.25) is 5.73 Å². The Morgan fingerprint density at radius 2 is 1.88 bits per heavy atom. The summed E-state index contributed by atoms with van der Waals surface area (Å²) in [7, 11) is 0. The van der Waals surface area contributed by atoms with Gasteiger partial charge < -0.3 is 0 Å². The van der Waals surface area contributed by atoms with E-state index >= 15 is 0 Å². The van der Waals surface area contributed by atoms with Gasteiger partial charge in [-0.05, 0) is 0 Å². The lowest BCUT2D eigenvalue weighted by Crippen LogP contribution is -2.39. The average Bonchev–Trinajstić information content (AvgIpc) is 1.87. The molecule has 0 aliphatic rings. The lowest BCUT2D eigenvalue weighted by atomic mass is 9.97. The zero-order valence-electron chi connectivity index (χ0n) is 5.40. The third-order valence-corrected chi connectivity index (χ3v) is 1.47. The van der Waals surface area contributed by atoms with Gasteiger partial charge in [-0.25, -0.2) is 0 Å². The van der Waals surface area contributed by atoms with Crippen LogP contribution in [0.4, 0.5) is 0 Å². The molecule has 0 atom stereocenters. The summed E-state index contributed by atoms with van der Waals surface area (Å²) >= 11 is 0. The van der Waals surface area contributed by atoms with Gasteiger partial charge in [0.25, 0.3) is 5.54 Å². The van der Waals surface area contributed by atoms with Gasteiger partial charge in [0.2, 0.25) is 0 Å². The summed E-state index contributed by atoms with van der Waals surface area (Å²) in [5.74, 6) is 0. The molecule has 2 nitrogen and oxygen atoms in total. The fourth-order valence-electron chi connectivity index (χ4n) is 0.394. The highest BCUT2D eigenvalue weighted by atomic mass is 16.1. The van der Waals surface area contributed by atoms with Gasteiger partial charge in [0.1, 0.15) is 0 Å². The van der Waals surface area contributed by atoms with Crippen LogP contribution < -0.4 is 5.73 Å². The fraction of sp³-hybridized carbons (Fsp3) is 0.833. The largest absolute Gasteiger partial charge is 0.529 e. The highest BCUT2D eigenvalue weighted by Crippen LogP contribution is 2.05. The van der Waals surface area contributed by atoms with E-state index in [4.69, 9.17) is 5.73 Å². The summed E-state index contributed by atoms with van der Waals surface area (Å²) in [5, 5.41) is 0. The van der Waals surface area contributed by atoms with Crippen LogP contribution in [-0.4, -0.2) is 11.8 Å². The first kappa shape index (κ1) is 7.54. The summed E-state index contributed by atoms with van der Waals surface area (Å²) in [6, 6.07) is 0. The molecule has 46 valence electrons. The molecule has 8 heavy (non-hydrogen) atoms. The molecule has 0 spiro atoms. The molecular weight excluding hydrogens is 102 g/mol. The molecule has 0 aliphatic heterocycles. The van der Waals surface area contributed by atoms with Crippen molar-refractivity contribution in [1.29, 1.82) is 0 Å². The number of carbonyl (C=O) groups excluding carboxylic acids is 1. The molecule has 0 fully saturated rings. The third-order valence-electron chi connectivity index (χ3n) is 1.47. The van der Waals surface area contributed by atoms with Crippen LogP contribution in [0.3, 0.4) is 0 Å². The minimum atomic E-state index is -0.681. The minimum Gasteiger partial charge on any atom is -0.275 e. The summed E-state index contributed by atoms with van der Waals surface area (Å²) in [5.41, 5.74) is 4.79. The summed E-state index contributed by atoms with van der Waals surface area (Å²) in [4.78, 5) is 10.0. The summed E-state index contributed by atoms with van der Waals surface area (Å²) in [6.45, 7) is 3.77. The second kappa shape index (κ2) is 2.75. The van der Waals surface area contributed by atoms with E-state index in [0.717, 1.165) is 0 Å². The van der Waals surface area contributed by atoms with Crippen LogP contribution in [0.15, 0.2) is 0 Å². The smallest absolute Gasteiger partial charge is 0.275 e. The fourth-order valence-corrected chi connectivity index (χ4v) is 0.394. The van der Waals surface area contributed by atoms with E-state index in [1.54, 1.807) is 6.29 Å². The first-order valence-corrected chi connectivity index (χ1v) is 2.86. The lowest BCUT2D eigenvalue weighted by Gasteiger charge is -2.02. The lowest BCUT2D eigenvalue weighted by molar-refractivity contribution is 0.461. The maximum absolute atomic E-state index is 10.0. The first-order valence-electron chi connectivity index (χ1n) is 2.86. The van der Waals surface area contributed by atoms with Gasteiger partial charge in [-0.2, -0.15) is 0 Å². The molecule has 2 heteroatoms.